The highest BCUT2D eigenvalue weighted by Crippen LogP contribution is 2.26. The predicted octanol–water partition coefficient (Wildman–Crippen LogP) is 2.31. The number of methoxy groups -OCH3 is 1. The van der Waals surface area contributed by atoms with Crippen LogP contribution in [0.5, 0.6) is 5.75 Å². The lowest BCUT2D eigenvalue weighted by molar-refractivity contribution is 0.138. The summed E-state index contributed by atoms with van der Waals surface area (Å²) in [5, 5.41) is 12.9. The Morgan fingerprint density at radius 2 is 2.00 bits per heavy atom. The highest BCUT2D eigenvalue weighted by molar-refractivity contribution is 5.39. The summed E-state index contributed by atoms with van der Waals surface area (Å²) in [4.78, 5) is 0. The van der Waals surface area contributed by atoms with Crippen LogP contribution in [0.25, 0.3) is 5.69 Å². The average Bonchev–Trinajstić information content (AvgIpc) is 2.82. The van der Waals surface area contributed by atoms with E-state index in [1.807, 2.05) is 0 Å². The van der Waals surface area contributed by atoms with Gasteiger partial charge in [-0.3, -0.25) is 0 Å². The van der Waals surface area contributed by atoms with Gasteiger partial charge in [-0.15, -0.1) is 0 Å². The summed E-state index contributed by atoms with van der Waals surface area (Å²) in [6.45, 7) is -0.462. The fourth-order valence-electron chi connectivity index (χ4n) is 1.68. The largest absolute Gasteiger partial charge is 0.497 e. The molecule has 0 unspecified atom stereocenters. The molecule has 0 saturated carbocycles. The summed E-state index contributed by atoms with van der Waals surface area (Å²) >= 11 is 0. The Labute approximate surface area is 102 Å². The van der Waals surface area contributed by atoms with Crippen molar-refractivity contribution in [1.82, 2.24) is 9.78 Å². The molecular formula is C12H12F2N2O2. The summed E-state index contributed by atoms with van der Waals surface area (Å²) < 4.78 is 32.0. The molecule has 4 nitrogen and oxygen atoms in total. The highest BCUT2D eigenvalue weighted by atomic mass is 19.3. The third kappa shape index (κ3) is 2.19. The number of halogens is 2. The highest BCUT2D eigenvalue weighted by Gasteiger charge is 2.20. The fourth-order valence-corrected chi connectivity index (χ4v) is 1.68. The molecule has 6 heteroatoms. The van der Waals surface area contributed by atoms with E-state index in [1.165, 1.54) is 13.3 Å². The molecule has 1 N–H and O–H groups in total. The number of rotatable bonds is 4. The van der Waals surface area contributed by atoms with Crippen LogP contribution in [0.1, 0.15) is 17.7 Å². The normalized spacial score (nSPS) is 10.9. The van der Waals surface area contributed by atoms with Crippen LogP contribution < -0.4 is 4.74 Å². The van der Waals surface area contributed by atoms with E-state index in [0.29, 0.717) is 11.4 Å². The maximum absolute atomic E-state index is 12.9. The lowest BCUT2D eigenvalue weighted by Crippen LogP contribution is -2.04. The van der Waals surface area contributed by atoms with Gasteiger partial charge in [0.2, 0.25) is 0 Å². The number of aliphatic hydroxyl groups excluding tert-OH is 1. The summed E-state index contributed by atoms with van der Waals surface area (Å²) in [7, 11) is 1.53. The Hall–Kier alpha value is -1.95. The van der Waals surface area contributed by atoms with Crippen LogP contribution in [0.2, 0.25) is 0 Å². The fraction of sp³-hybridized carbons (Fsp3) is 0.250. The van der Waals surface area contributed by atoms with Gasteiger partial charge in [0.25, 0.3) is 6.43 Å². The lowest BCUT2D eigenvalue weighted by Gasteiger charge is -2.08. The van der Waals surface area contributed by atoms with Gasteiger partial charge in [-0.1, -0.05) is 0 Å². The van der Waals surface area contributed by atoms with E-state index >= 15 is 0 Å². The molecule has 0 aliphatic heterocycles. The molecule has 0 radical (unpaired) electrons. The number of aliphatic hydroxyl groups is 1. The van der Waals surface area contributed by atoms with E-state index in [9.17, 15) is 8.78 Å². The Kier molecular flexibility index (Phi) is 3.57. The monoisotopic (exact) mass is 254 g/mol. The van der Waals surface area contributed by atoms with Gasteiger partial charge in [0.15, 0.2) is 0 Å². The van der Waals surface area contributed by atoms with E-state index in [2.05, 4.69) is 5.10 Å². The molecule has 0 spiro atoms. The molecule has 0 aliphatic carbocycles. The number of benzene rings is 1. The molecule has 1 aromatic carbocycles. The van der Waals surface area contributed by atoms with Crippen molar-refractivity contribution in [2.24, 2.45) is 0 Å². The third-order valence-corrected chi connectivity index (χ3v) is 2.58. The molecule has 0 atom stereocenters. The van der Waals surface area contributed by atoms with Gasteiger partial charge in [0.05, 0.1) is 25.6 Å². The first-order chi connectivity index (χ1) is 8.67. The van der Waals surface area contributed by atoms with Crippen LogP contribution in [-0.2, 0) is 6.61 Å². The smallest absolute Gasteiger partial charge is 0.280 e. The molecule has 0 aliphatic rings. The first-order valence-corrected chi connectivity index (χ1v) is 5.27. The van der Waals surface area contributed by atoms with Crippen LogP contribution in [-0.4, -0.2) is 22.0 Å². The van der Waals surface area contributed by atoms with Gasteiger partial charge in [-0.2, -0.15) is 5.10 Å². The minimum absolute atomic E-state index is 0.126. The van der Waals surface area contributed by atoms with Crippen molar-refractivity contribution in [3.63, 3.8) is 0 Å². The van der Waals surface area contributed by atoms with E-state index in [0.717, 1.165) is 4.68 Å². The first-order valence-electron chi connectivity index (χ1n) is 5.27. The Bertz CT molecular complexity index is 523. The van der Waals surface area contributed by atoms with Crippen LogP contribution in [0.4, 0.5) is 8.78 Å². The second-order valence-electron chi connectivity index (χ2n) is 3.62. The second kappa shape index (κ2) is 5.14. The van der Waals surface area contributed by atoms with Crippen LogP contribution in [0.15, 0.2) is 30.5 Å². The quantitative estimate of drug-likeness (QED) is 0.910. The molecular weight excluding hydrogens is 242 g/mol. The van der Waals surface area contributed by atoms with Crippen molar-refractivity contribution in [3.8, 4) is 11.4 Å². The van der Waals surface area contributed by atoms with Crippen molar-refractivity contribution >= 4 is 0 Å². The van der Waals surface area contributed by atoms with Gasteiger partial charge in [0, 0.05) is 5.56 Å². The van der Waals surface area contributed by atoms with E-state index in [-0.39, 0.29) is 11.3 Å². The summed E-state index contributed by atoms with van der Waals surface area (Å²) in [6, 6.07) is 6.56. The SMILES string of the molecule is COc1ccc(-n2ncc(CO)c2C(F)F)cc1. The summed E-state index contributed by atoms with van der Waals surface area (Å²) in [6.07, 6.45) is -1.46. The van der Waals surface area contributed by atoms with Crippen molar-refractivity contribution in [1.29, 1.82) is 0 Å². The lowest BCUT2D eigenvalue weighted by atomic mass is 10.2. The van der Waals surface area contributed by atoms with Gasteiger partial charge in [0.1, 0.15) is 11.4 Å². The minimum atomic E-state index is -2.70. The Morgan fingerprint density at radius 3 is 2.50 bits per heavy atom. The molecule has 0 saturated heterocycles. The standard InChI is InChI=1S/C12H12F2N2O2/c1-18-10-4-2-9(3-5-10)16-11(12(13)14)8(7-17)6-15-16/h2-6,12,17H,7H2,1H3. The Morgan fingerprint density at radius 1 is 1.33 bits per heavy atom. The molecule has 18 heavy (non-hydrogen) atoms. The molecule has 2 aromatic rings. The molecule has 1 heterocycles. The third-order valence-electron chi connectivity index (χ3n) is 2.58. The molecule has 0 fully saturated rings. The zero-order valence-corrected chi connectivity index (χ0v) is 9.68. The summed E-state index contributed by atoms with van der Waals surface area (Å²) in [5.74, 6) is 0.631. The van der Waals surface area contributed by atoms with Crippen LogP contribution in [0, 0.1) is 0 Å². The molecule has 0 amide bonds. The number of nitrogens with zero attached hydrogens (tertiary/aromatic N) is 2. The number of ether oxygens (including phenoxy) is 1. The van der Waals surface area contributed by atoms with Gasteiger partial charge in [-0.25, -0.2) is 13.5 Å². The number of hydrogen-bond acceptors (Lipinski definition) is 3. The van der Waals surface area contributed by atoms with Crippen molar-refractivity contribution in [3.05, 3.63) is 41.7 Å². The first kappa shape index (κ1) is 12.5. The van der Waals surface area contributed by atoms with E-state index < -0.39 is 13.0 Å². The van der Waals surface area contributed by atoms with Crippen LogP contribution in [0.3, 0.4) is 0 Å². The molecule has 1 aromatic heterocycles. The van der Waals surface area contributed by atoms with Crippen LogP contribution >= 0.6 is 0 Å². The van der Waals surface area contributed by atoms with E-state index in [1.54, 1.807) is 24.3 Å². The number of hydrogen-bond donors (Lipinski definition) is 1. The Balaban J connectivity index is 2.46. The maximum Gasteiger partial charge on any atom is 0.280 e. The molecule has 2 rings (SSSR count). The van der Waals surface area contributed by atoms with Gasteiger partial charge < -0.3 is 9.84 Å². The van der Waals surface area contributed by atoms with Gasteiger partial charge in [-0.05, 0) is 24.3 Å². The zero-order chi connectivity index (χ0) is 13.1. The van der Waals surface area contributed by atoms with Crippen molar-refractivity contribution in [2.75, 3.05) is 7.11 Å². The summed E-state index contributed by atoms with van der Waals surface area (Å²) in [5.41, 5.74) is 0.328. The van der Waals surface area contributed by atoms with Crippen molar-refractivity contribution < 1.29 is 18.6 Å². The zero-order valence-electron chi connectivity index (χ0n) is 9.68. The average molecular weight is 254 g/mol. The predicted molar refractivity (Wildman–Crippen MR) is 61.0 cm³/mol. The minimum Gasteiger partial charge on any atom is -0.497 e. The number of aromatic nitrogens is 2. The number of alkyl halides is 2. The second-order valence-corrected chi connectivity index (χ2v) is 3.62. The maximum atomic E-state index is 12.9. The van der Waals surface area contributed by atoms with E-state index in [4.69, 9.17) is 9.84 Å². The topological polar surface area (TPSA) is 47.3 Å². The molecule has 0 bridgehead atoms. The molecule has 96 valence electrons. The van der Waals surface area contributed by atoms with Crippen molar-refractivity contribution in [2.45, 2.75) is 13.0 Å². The van der Waals surface area contributed by atoms with Gasteiger partial charge >= 0.3 is 0 Å².